The molecule has 1 aromatic heterocycles. The zero-order valence-corrected chi connectivity index (χ0v) is 21.3. The number of carbonyl (C=O) groups excluding carboxylic acids is 3. The summed E-state index contributed by atoms with van der Waals surface area (Å²) >= 11 is 0. The third-order valence-electron chi connectivity index (χ3n) is 5.97. The maximum Gasteiger partial charge on any atom is 0.360 e. The van der Waals surface area contributed by atoms with Gasteiger partial charge in [0, 0.05) is 0 Å². The fourth-order valence-electron chi connectivity index (χ4n) is 4.31. The van der Waals surface area contributed by atoms with E-state index in [1.807, 2.05) is 0 Å². The number of nitriles is 1. The topological polar surface area (TPSA) is 158 Å². The van der Waals surface area contributed by atoms with Crippen LogP contribution in [0, 0.1) is 11.3 Å². The number of carbonyl (C=O) groups is 3. The van der Waals surface area contributed by atoms with Crippen molar-refractivity contribution in [1.29, 1.82) is 5.26 Å². The predicted molar refractivity (Wildman–Crippen MR) is 137 cm³/mol. The molecule has 2 heterocycles. The van der Waals surface area contributed by atoms with Crippen molar-refractivity contribution in [3.05, 3.63) is 94.8 Å². The van der Waals surface area contributed by atoms with Crippen LogP contribution in [0.5, 0.6) is 0 Å². The smallest absolute Gasteiger partial charge is 0.360 e. The van der Waals surface area contributed by atoms with Gasteiger partial charge in [0.1, 0.15) is 17.8 Å². The molecular weight excluding hydrogens is 504 g/mol. The molecule has 1 atom stereocenters. The molecule has 0 saturated carbocycles. The van der Waals surface area contributed by atoms with E-state index in [0.717, 1.165) is 13.4 Å². The highest BCUT2D eigenvalue weighted by atomic mass is 16.5. The third kappa shape index (κ3) is 4.83. The summed E-state index contributed by atoms with van der Waals surface area (Å²) in [5, 5.41) is 10.2. The number of nitrogens with zero attached hydrogens (tertiary/aromatic N) is 3. The van der Waals surface area contributed by atoms with Gasteiger partial charge in [-0.25, -0.2) is 19.4 Å². The number of benzene rings is 2. The number of aromatic nitrogens is 1. The Labute approximate surface area is 223 Å². The molecule has 4 rings (SSSR count). The number of para-hydroxylation sites is 1. The van der Waals surface area contributed by atoms with Crippen LogP contribution in [-0.4, -0.2) is 43.7 Å². The van der Waals surface area contributed by atoms with E-state index >= 15 is 0 Å². The lowest BCUT2D eigenvalue weighted by atomic mass is 9.80. The molecule has 0 bridgehead atoms. The minimum atomic E-state index is -1.02. The molecule has 3 aromatic rings. The molecule has 11 nitrogen and oxygen atoms in total. The minimum Gasteiger partial charge on any atom is -0.466 e. The molecular formula is C28H24N4O7. The molecule has 2 N–H and O–H groups in total. The lowest BCUT2D eigenvalue weighted by Crippen LogP contribution is -2.41. The summed E-state index contributed by atoms with van der Waals surface area (Å²) in [6.45, 7) is 1.81. The Hall–Kier alpha value is -5.37. The maximum absolute atomic E-state index is 13.3. The maximum atomic E-state index is 13.3. The number of nitrogens with two attached hydrogens (primary N) is 1. The Morgan fingerprint density at radius 2 is 1.69 bits per heavy atom. The second kappa shape index (κ2) is 11.4. The van der Waals surface area contributed by atoms with Crippen LogP contribution in [0.15, 0.2) is 87.9 Å². The van der Waals surface area contributed by atoms with Gasteiger partial charge in [0.2, 0.25) is 5.89 Å². The molecule has 39 heavy (non-hydrogen) atoms. The van der Waals surface area contributed by atoms with Crippen molar-refractivity contribution >= 4 is 23.6 Å². The van der Waals surface area contributed by atoms with E-state index in [-0.39, 0.29) is 46.5 Å². The summed E-state index contributed by atoms with van der Waals surface area (Å²) in [7, 11) is 2.33. The van der Waals surface area contributed by atoms with Crippen LogP contribution in [0.4, 0.5) is 5.69 Å². The normalized spacial score (nSPS) is 15.0. The highest BCUT2D eigenvalue weighted by Gasteiger charge is 2.43. The first-order chi connectivity index (χ1) is 18.9. The van der Waals surface area contributed by atoms with Crippen molar-refractivity contribution in [3.8, 4) is 17.5 Å². The number of hydrogen-bond donors (Lipinski definition) is 1. The standard InChI is InChI=1S/C28H24N4O7/c1-4-38-26(33)19-15-39-25(31-19)17-12-8-9-13-20(17)32-23(28(35)37-3)22(27(34)36-2)21(18(14-29)24(32)30)16-10-6-5-7-11-16/h5-13,15,21H,4,30H2,1-3H3. The molecule has 0 saturated heterocycles. The van der Waals surface area contributed by atoms with Gasteiger partial charge >= 0.3 is 17.9 Å². The quantitative estimate of drug-likeness (QED) is 0.354. The van der Waals surface area contributed by atoms with E-state index < -0.39 is 23.8 Å². The zero-order chi connectivity index (χ0) is 28.1. The van der Waals surface area contributed by atoms with Crippen molar-refractivity contribution in [2.24, 2.45) is 5.73 Å². The lowest BCUT2D eigenvalue weighted by molar-refractivity contribution is -0.139. The van der Waals surface area contributed by atoms with Gasteiger partial charge in [0.05, 0.1) is 55.2 Å². The fraction of sp³-hybridized carbons (Fsp3) is 0.179. The summed E-state index contributed by atoms with van der Waals surface area (Å²) in [5.41, 5.74) is 7.20. The number of methoxy groups -OCH3 is 2. The molecule has 0 amide bonds. The van der Waals surface area contributed by atoms with Crippen molar-refractivity contribution < 1.29 is 33.0 Å². The molecule has 198 valence electrons. The van der Waals surface area contributed by atoms with Crippen LogP contribution in [-0.2, 0) is 23.8 Å². The van der Waals surface area contributed by atoms with Crippen LogP contribution in [0.3, 0.4) is 0 Å². The average Bonchev–Trinajstić information content (AvgIpc) is 3.47. The summed E-state index contributed by atoms with van der Waals surface area (Å²) in [6, 6.07) is 17.3. The van der Waals surface area contributed by atoms with Crippen molar-refractivity contribution in [3.63, 3.8) is 0 Å². The summed E-state index contributed by atoms with van der Waals surface area (Å²) in [4.78, 5) is 44.2. The first-order valence-corrected chi connectivity index (χ1v) is 11.7. The zero-order valence-electron chi connectivity index (χ0n) is 21.3. The second-order valence-corrected chi connectivity index (χ2v) is 8.11. The highest BCUT2D eigenvalue weighted by molar-refractivity contribution is 6.07. The fourth-order valence-corrected chi connectivity index (χ4v) is 4.31. The van der Waals surface area contributed by atoms with Crippen LogP contribution in [0.1, 0.15) is 28.9 Å². The molecule has 0 radical (unpaired) electrons. The molecule has 0 aliphatic carbocycles. The Bertz CT molecular complexity index is 1530. The van der Waals surface area contributed by atoms with Gasteiger partial charge in [0.25, 0.3) is 0 Å². The van der Waals surface area contributed by atoms with E-state index in [9.17, 15) is 19.6 Å². The average molecular weight is 529 g/mol. The van der Waals surface area contributed by atoms with Crippen molar-refractivity contribution in [2.75, 3.05) is 25.7 Å². The van der Waals surface area contributed by atoms with Crippen molar-refractivity contribution in [1.82, 2.24) is 4.98 Å². The predicted octanol–water partition coefficient (Wildman–Crippen LogP) is 3.42. The minimum absolute atomic E-state index is 0.00340. The van der Waals surface area contributed by atoms with Gasteiger partial charge in [-0.05, 0) is 24.6 Å². The van der Waals surface area contributed by atoms with Crippen LogP contribution in [0.25, 0.3) is 11.5 Å². The van der Waals surface area contributed by atoms with Crippen molar-refractivity contribution in [2.45, 2.75) is 12.8 Å². The van der Waals surface area contributed by atoms with Gasteiger partial charge in [-0.3, -0.25) is 4.90 Å². The van der Waals surface area contributed by atoms with Crippen LogP contribution < -0.4 is 10.6 Å². The summed E-state index contributed by atoms with van der Waals surface area (Å²) < 4.78 is 20.7. The van der Waals surface area contributed by atoms with E-state index in [2.05, 4.69) is 11.1 Å². The molecule has 0 spiro atoms. The van der Waals surface area contributed by atoms with Gasteiger partial charge in [-0.15, -0.1) is 0 Å². The van der Waals surface area contributed by atoms with Gasteiger partial charge in [-0.1, -0.05) is 42.5 Å². The second-order valence-electron chi connectivity index (χ2n) is 8.11. The van der Waals surface area contributed by atoms with Gasteiger partial charge in [-0.2, -0.15) is 5.26 Å². The molecule has 1 unspecified atom stereocenters. The first-order valence-electron chi connectivity index (χ1n) is 11.7. The first kappa shape index (κ1) is 26.7. The number of rotatable bonds is 7. The number of allylic oxidation sites excluding steroid dienone is 1. The van der Waals surface area contributed by atoms with Gasteiger partial charge in [0.15, 0.2) is 5.69 Å². The van der Waals surface area contributed by atoms with Crippen LogP contribution in [0.2, 0.25) is 0 Å². The molecule has 0 fully saturated rings. The Balaban J connectivity index is 2.01. The molecule has 1 aliphatic heterocycles. The Morgan fingerprint density at radius 3 is 2.33 bits per heavy atom. The molecule has 2 aromatic carbocycles. The largest absolute Gasteiger partial charge is 0.466 e. The van der Waals surface area contributed by atoms with E-state index in [0.29, 0.717) is 11.1 Å². The van der Waals surface area contributed by atoms with Crippen LogP contribution >= 0.6 is 0 Å². The lowest BCUT2D eigenvalue weighted by Gasteiger charge is -2.36. The number of anilines is 1. The number of esters is 3. The number of ether oxygens (including phenoxy) is 3. The molecule has 11 heteroatoms. The van der Waals surface area contributed by atoms with Gasteiger partial charge < -0.3 is 24.4 Å². The molecule has 1 aliphatic rings. The van der Waals surface area contributed by atoms with E-state index in [1.54, 1.807) is 61.5 Å². The van der Waals surface area contributed by atoms with E-state index in [1.165, 1.54) is 12.0 Å². The number of hydrogen-bond acceptors (Lipinski definition) is 11. The Morgan fingerprint density at radius 1 is 1.03 bits per heavy atom. The Kier molecular flexibility index (Phi) is 7.77. The third-order valence-corrected chi connectivity index (χ3v) is 5.97. The SMILES string of the molecule is CCOC(=O)c1coc(-c2ccccc2N2C(N)=C(C#N)C(c3ccccc3)C(C(=O)OC)=C2C(=O)OC)n1. The van der Waals surface area contributed by atoms with E-state index in [4.69, 9.17) is 24.4 Å². The summed E-state index contributed by atoms with van der Waals surface area (Å²) in [6.07, 6.45) is 1.14. The number of oxazole rings is 1. The monoisotopic (exact) mass is 528 g/mol. The highest BCUT2D eigenvalue weighted by Crippen LogP contribution is 2.45. The summed E-state index contributed by atoms with van der Waals surface area (Å²) in [5.74, 6) is -3.56.